The van der Waals surface area contributed by atoms with Gasteiger partial charge in [0, 0.05) is 29.9 Å². The monoisotopic (exact) mass is 492 g/mol. The van der Waals surface area contributed by atoms with E-state index in [1.54, 1.807) is 11.4 Å². The Morgan fingerprint density at radius 1 is 0.893 bits per heavy atom. The molecule has 0 fully saturated rings. The molecule has 2 rings (SSSR count). The van der Waals surface area contributed by atoms with E-state index in [0.29, 0.717) is 13.2 Å². The van der Waals surface area contributed by atoms with Crippen molar-refractivity contribution in [2.75, 3.05) is 19.4 Å². The molecule has 2 aromatic carbocycles. The first-order valence-electron chi connectivity index (χ1n) is 9.28. The second-order valence-electron chi connectivity index (χ2n) is 5.82. The molecule has 2 nitrogen and oxygen atoms in total. The lowest BCUT2D eigenvalue weighted by molar-refractivity contribution is 0.381. The minimum absolute atomic E-state index is 0.210. The van der Waals surface area contributed by atoms with Crippen LogP contribution in [0.1, 0.15) is 38.9 Å². The highest BCUT2D eigenvalue weighted by atomic mass is 32.9. The molecule has 0 saturated heterocycles. The minimum Gasteiger partial charge on any atom is -0.341 e. The molecule has 3 atom stereocenters. The maximum atomic E-state index is 5.67. The molecule has 0 spiro atoms. The van der Waals surface area contributed by atoms with Gasteiger partial charge in [0.2, 0.25) is 0 Å². The molecule has 8 heteroatoms. The smallest absolute Gasteiger partial charge is 0.123 e. The molecule has 2 aromatic rings. The second-order valence-corrected chi connectivity index (χ2v) is 19.7. The summed E-state index contributed by atoms with van der Waals surface area (Å²) in [5.41, 5.74) is -2.23. The van der Waals surface area contributed by atoms with Crippen LogP contribution < -0.4 is 0 Å². The summed E-state index contributed by atoms with van der Waals surface area (Å²) in [6.07, 6.45) is 0.940. The normalized spacial score (nSPS) is 16.2. The Morgan fingerprint density at radius 2 is 1.39 bits per heavy atom. The van der Waals surface area contributed by atoms with E-state index in [4.69, 9.17) is 32.7 Å². The van der Waals surface area contributed by atoms with Gasteiger partial charge >= 0.3 is 0 Å². The fourth-order valence-electron chi connectivity index (χ4n) is 2.24. The van der Waals surface area contributed by atoms with Gasteiger partial charge in [-0.05, 0) is 31.5 Å². The van der Waals surface area contributed by atoms with Crippen molar-refractivity contribution in [2.24, 2.45) is 0 Å². The zero-order chi connectivity index (χ0) is 21.0. The maximum absolute atomic E-state index is 5.67. The standard InChI is InChI=1S/2C10H15OPS2/c1-3-11-12(13,14)9(2)10-7-5-4-6-8-10;1-3-11-12(13,4-2)14-10-8-6-5-7-9-10/h4-9H,3H2,1-2H3,(H,13,14);5-9H,3-4H2,1-2H3/t9-;/m0./s1. The average Bonchev–Trinajstić information content (AvgIpc) is 2.69. The van der Waals surface area contributed by atoms with Crippen LogP contribution in [0, 0.1) is 0 Å². The summed E-state index contributed by atoms with van der Waals surface area (Å²) >= 11 is 17.1. The molecule has 0 aliphatic heterocycles. The molecule has 0 radical (unpaired) electrons. The summed E-state index contributed by atoms with van der Waals surface area (Å²) in [6, 6.07) is 20.4. The predicted octanol–water partition coefficient (Wildman–Crippen LogP) is 8.17. The van der Waals surface area contributed by atoms with Crippen LogP contribution >= 0.6 is 34.6 Å². The second kappa shape index (κ2) is 13.6. The quantitative estimate of drug-likeness (QED) is 0.280. The van der Waals surface area contributed by atoms with Crippen LogP contribution in [-0.4, -0.2) is 19.4 Å². The maximum Gasteiger partial charge on any atom is 0.123 e. The molecule has 2 unspecified atom stereocenters. The largest absolute Gasteiger partial charge is 0.341 e. The van der Waals surface area contributed by atoms with Crippen LogP contribution in [0.5, 0.6) is 0 Å². The lowest BCUT2D eigenvalue weighted by atomic mass is 10.2. The SMILES string of the molecule is CCOP(=S)(CC)Sc1ccccc1.CCOP(=S)(S)[C@@H](C)c1ccccc1. The Bertz CT molecular complexity index is 762. The molecule has 0 saturated carbocycles. The van der Waals surface area contributed by atoms with Gasteiger partial charge in [-0.25, -0.2) is 0 Å². The van der Waals surface area contributed by atoms with Crippen molar-refractivity contribution >= 4 is 58.2 Å². The van der Waals surface area contributed by atoms with Crippen molar-refractivity contribution in [3.63, 3.8) is 0 Å². The Balaban J connectivity index is 0.000000280. The lowest BCUT2D eigenvalue weighted by Crippen LogP contribution is -1.95. The van der Waals surface area contributed by atoms with Crippen molar-refractivity contribution in [1.29, 1.82) is 0 Å². The topological polar surface area (TPSA) is 18.5 Å². The Kier molecular flexibility index (Phi) is 12.8. The third kappa shape index (κ3) is 9.45. The summed E-state index contributed by atoms with van der Waals surface area (Å²) in [5, 5.41) is 0. The number of hydrogen-bond acceptors (Lipinski definition) is 5. The fraction of sp³-hybridized carbons (Fsp3) is 0.400. The Labute approximate surface area is 190 Å². The molecule has 0 aromatic heterocycles. The first-order valence-corrected chi connectivity index (χ1v) is 17.5. The first kappa shape index (κ1) is 26.4. The zero-order valence-electron chi connectivity index (χ0n) is 16.9. The summed E-state index contributed by atoms with van der Waals surface area (Å²) in [6.45, 7) is 9.49. The van der Waals surface area contributed by atoms with Crippen LogP contribution in [0.3, 0.4) is 0 Å². The van der Waals surface area contributed by atoms with E-state index >= 15 is 0 Å². The van der Waals surface area contributed by atoms with Gasteiger partial charge in [0.15, 0.2) is 0 Å². The van der Waals surface area contributed by atoms with Gasteiger partial charge in [-0.2, -0.15) is 0 Å². The molecule has 0 bridgehead atoms. The van der Waals surface area contributed by atoms with Gasteiger partial charge in [-0.15, -0.1) is 12.2 Å². The third-order valence-corrected chi connectivity index (χ3v) is 14.8. The molecular weight excluding hydrogens is 462 g/mol. The molecule has 0 N–H and O–H groups in total. The third-order valence-electron chi connectivity index (χ3n) is 3.79. The summed E-state index contributed by atoms with van der Waals surface area (Å²) < 4.78 is 11.2. The van der Waals surface area contributed by atoms with Gasteiger partial charge in [-0.1, -0.05) is 97.4 Å². The summed E-state index contributed by atoms with van der Waals surface area (Å²) in [7, 11) is 0. The van der Waals surface area contributed by atoms with Gasteiger partial charge in [0.1, 0.15) is 10.9 Å². The zero-order valence-corrected chi connectivity index (χ0v) is 22.0. The van der Waals surface area contributed by atoms with Gasteiger partial charge in [0.05, 0.1) is 0 Å². The van der Waals surface area contributed by atoms with Gasteiger partial charge in [-0.3, -0.25) is 0 Å². The number of benzene rings is 2. The number of hydrogen-bond donors (Lipinski definition) is 1. The molecule has 0 heterocycles. The van der Waals surface area contributed by atoms with Crippen molar-refractivity contribution < 1.29 is 9.05 Å². The minimum atomic E-state index is -1.98. The van der Waals surface area contributed by atoms with E-state index in [2.05, 4.69) is 50.4 Å². The highest BCUT2D eigenvalue weighted by Crippen LogP contribution is 2.64. The summed E-state index contributed by atoms with van der Waals surface area (Å²) in [4.78, 5) is 1.21. The van der Waals surface area contributed by atoms with Crippen molar-refractivity contribution in [1.82, 2.24) is 0 Å². The highest BCUT2D eigenvalue weighted by molar-refractivity contribution is 8.69. The van der Waals surface area contributed by atoms with Crippen LogP contribution in [0.2, 0.25) is 0 Å². The van der Waals surface area contributed by atoms with Crippen molar-refractivity contribution in [3.8, 4) is 0 Å². The molecular formula is C20H30O2P2S4. The van der Waals surface area contributed by atoms with E-state index in [0.717, 1.165) is 6.16 Å². The average molecular weight is 493 g/mol. The number of thiol groups is 1. The van der Waals surface area contributed by atoms with Crippen LogP contribution in [0.15, 0.2) is 65.6 Å². The lowest BCUT2D eigenvalue weighted by Gasteiger charge is -2.23. The van der Waals surface area contributed by atoms with E-state index in [1.807, 2.05) is 50.2 Å². The first-order chi connectivity index (χ1) is 13.3. The van der Waals surface area contributed by atoms with Gasteiger partial charge in [0.25, 0.3) is 0 Å². The highest BCUT2D eigenvalue weighted by Gasteiger charge is 2.22. The van der Waals surface area contributed by atoms with Crippen LogP contribution in [0.25, 0.3) is 0 Å². The molecule has 0 aliphatic rings. The Hall–Kier alpha value is 0.360. The molecule has 0 aliphatic carbocycles. The Morgan fingerprint density at radius 3 is 1.86 bits per heavy atom. The fourth-order valence-corrected chi connectivity index (χ4v) is 9.45. The van der Waals surface area contributed by atoms with E-state index in [9.17, 15) is 0 Å². The van der Waals surface area contributed by atoms with Crippen LogP contribution in [-0.2, 0) is 32.7 Å². The number of rotatable bonds is 9. The molecule has 0 amide bonds. The summed E-state index contributed by atoms with van der Waals surface area (Å²) in [5.74, 6) is 0. The van der Waals surface area contributed by atoms with Gasteiger partial charge < -0.3 is 9.05 Å². The van der Waals surface area contributed by atoms with Crippen molar-refractivity contribution in [2.45, 2.75) is 38.2 Å². The predicted molar refractivity (Wildman–Crippen MR) is 139 cm³/mol. The van der Waals surface area contributed by atoms with E-state index in [1.165, 1.54) is 10.5 Å². The molecule has 28 heavy (non-hydrogen) atoms. The molecule has 156 valence electrons. The van der Waals surface area contributed by atoms with E-state index < -0.39 is 10.9 Å². The van der Waals surface area contributed by atoms with E-state index in [-0.39, 0.29) is 5.66 Å². The van der Waals surface area contributed by atoms with Crippen LogP contribution in [0.4, 0.5) is 0 Å². The van der Waals surface area contributed by atoms with Crippen molar-refractivity contribution in [3.05, 3.63) is 66.2 Å².